The first-order valence-electron chi connectivity index (χ1n) is 5.95. The Kier molecular flexibility index (Phi) is 4.11. The second-order valence-electron chi connectivity index (χ2n) is 4.09. The van der Waals surface area contributed by atoms with Gasteiger partial charge in [-0.2, -0.15) is 0 Å². The van der Waals surface area contributed by atoms with Crippen LogP contribution in [0.3, 0.4) is 0 Å². The molecule has 0 fully saturated rings. The van der Waals surface area contributed by atoms with Gasteiger partial charge < -0.3 is 10.5 Å². The number of aryl methyl sites for hydroxylation is 1. The summed E-state index contributed by atoms with van der Waals surface area (Å²) >= 11 is 5.95. The lowest BCUT2D eigenvalue weighted by atomic mass is 10.1. The van der Waals surface area contributed by atoms with E-state index in [0.29, 0.717) is 17.3 Å². The highest BCUT2D eigenvalue weighted by molar-refractivity contribution is 6.30. The molecule has 0 aromatic heterocycles. The third-order valence-electron chi connectivity index (χ3n) is 2.84. The van der Waals surface area contributed by atoms with Crippen LogP contribution in [0.15, 0.2) is 42.5 Å². The molecule has 0 amide bonds. The number of benzene rings is 2. The molecule has 0 aliphatic carbocycles. The van der Waals surface area contributed by atoms with Crippen LogP contribution < -0.4 is 10.5 Å². The van der Waals surface area contributed by atoms with Crippen molar-refractivity contribution >= 4 is 17.3 Å². The fourth-order valence-electron chi connectivity index (χ4n) is 1.79. The topological polar surface area (TPSA) is 35.2 Å². The normalized spacial score (nSPS) is 10.3. The predicted molar refractivity (Wildman–Crippen MR) is 76.0 cm³/mol. The number of hydrogen-bond acceptors (Lipinski definition) is 2. The summed E-state index contributed by atoms with van der Waals surface area (Å²) in [4.78, 5) is 0. The van der Waals surface area contributed by atoms with Crippen LogP contribution in [-0.4, -0.2) is 0 Å². The summed E-state index contributed by atoms with van der Waals surface area (Å²) in [5.41, 5.74) is 8.69. The standard InChI is InChI=1S/C15H16ClNO/c1-2-11-5-3-4-6-15(11)18-10-12-9-13(16)7-8-14(12)17/h3-9H,2,10,17H2,1H3. The van der Waals surface area contributed by atoms with E-state index in [-0.39, 0.29) is 0 Å². The van der Waals surface area contributed by atoms with Gasteiger partial charge in [0.25, 0.3) is 0 Å². The van der Waals surface area contributed by atoms with Gasteiger partial charge in [-0.15, -0.1) is 0 Å². The highest BCUT2D eigenvalue weighted by Crippen LogP contribution is 2.23. The summed E-state index contributed by atoms with van der Waals surface area (Å²) in [6.45, 7) is 2.54. The molecule has 0 radical (unpaired) electrons. The Morgan fingerprint density at radius 3 is 2.67 bits per heavy atom. The van der Waals surface area contributed by atoms with Crippen molar-refractivity contribution in [2.75, 3.05) is 5.73 Å². The van der Waals surface area contributed by atoms with Crippen LogP contribution in [0, 0.1) is 0 Å². The Hall–Kier alpha value is -1.67. The van der Waals surface area contributed by atoms with Gasteiger partial charge in [-0.25, -0.2) is 0 Å². The monoisotopic (exact) mass is 261 g/mol. The molecule has 0 saturated heterocycles. The lowest BCUT2D eigenvalue weighted by Crippen LogP contribution is -2.01. The van der Waals surface area contributed by atoms with Crippen molar-refractivity contribution in [3.05, 3.63) is 58.6 Å². The lowest BCUT2D eigenvalue weighted by molar-refractivity contribution is 0.304. The fourth-order valence-corrected chi connectivity index (χ4v) is 1.99. The van der Waals surface area contributed by atoms with Crippen molar-refractivity contribution in [3.63, 3.8) is 0 Å². The van der Waals surface area contributed by atoms with Crippen LogP contribution in [0.25, 0.3) is 0 Å². The van der Waals surface area contributed by atoms with E-state index < -0.39 is 0 Å². The third kappa shape index (κ3) is 2.96. The third-order valence-corrected chi connectivity index (χ3v) is 3.08. The summed E-state index contributed by atoms with van der Waals surface area (Å²) in [6.07, 6.45) is 0.946. The van der Waals surface area contributed by atoms with Gasteiger partial charge in [0, 0.05) is 16.3 Å². The molecule has 2 nitrogen and oxygen atoms in total. The summed E-state index contributed by atoms with van der Waals surface area (Å²) < 4.78 is 5.81. The van der Waals surface area contributed by atoms with E-state index in [1.54, 1.807) is 12.1 Å². The Morgan fingerprint density at radius 1 is 1.11 bits per heavy atom. The minimum atomic E-state index is 0.434. The number of ether oxygens (including phenoxy) is 1. The second-order valence-corrected chi connectivity index (χ2v) is 4.53. The van der Waals surface area contributed by atoms with Crippen molar-refractivity contribution in [1.82, 2.24) is 0 Å². The number of rotatable bonds is 4. The zero-order chi connectivity index (χ0) is 13.0. The maximum absolute atomic E-state index is 5.95. The van der Waals surface area contributed by atoms with Crippen LogP contribution in [0.2, 0.25) is 5.02 Å². The predicted octanol–water partition coefficient (Wildman–Crippen LogP) is 4.06. The molecule has 0 unspecified atom stereocenters. The first kappa shape index (κ1) is 12.8. The van der Waals surface area contributed by atoms with E-state index >= 15 is 0 Å². The Labute approximate surface area is 112 Å². The smallest absolute Gasteiger partial charge is 0.122 e. The highest BCUT2D eigenvalue weighted by atomic mass is 35.5. The van der Waals surface area contributed by atoms with Crippen LogP contribution in [-0.2, 0) is 13.0 Å². The highest BCUT2D eigenvalue weighted by Gasteiger charge is 2.04. The van der Waals surface area contributed by atoms with Gasteiger partial charge in [0.05, 0.1) is 0 Å². The van der Waals surface area contributed by atoms with E-state index in [9.17, 15) is 0 Å². The van der Waals surface area contributed by atoms with Gasteiger partial charge in [-0.1, -0.05) is 36.7 Å². The number of anilines is 1. The Morgan fingerprint density at radius 2 is 1.89 bits per heavy atom. The summed E-state index contributed by atoms with van der Waals surface area (Å²) in [7, 11) is 0. The van der Waals surface area contributed by atoms with E-state index in [4.69, 9.17) is 22.1 Å². The van der Waals surface area contributed by atoms with E-state index in [0.717, 1.165) is 17.7 Å². The van der Waals surface area contributed by atoms with E-state index in [1.807, 2.05) is 24.3 Å². The second kappa shape index (κ2) is 5.78. The summed E-state index contributed by atoms with van der Waals surface area (Å²) in [6, 6.07) is 13.4. The van der Waals surface area contributed by atoms with E-state index in [2.05, 4.69) is 13.0 Å². The molecule has 2 N–H and O–H groups in total. The molecule has 0 spiro atoms. The number of para-hydroxylation sites is 1. The molecule has 0 atom stereocenters. The van der Waals surface area contributed by atoms with Crippen molar-refractivity contribution < 1.29 is 4.74 Å². The lowest BCUT2D eigenvalue weighted by Gasteiger charge is -2.11. The van der Waals surface area contributed by atoms with Crippen molar-refractivity contribution in [3.8, 4) is 5.75 Å². The van der Waals surface area contributed by atoms with Crippen molar-refractivity contribution in [2.24, 2.45) is 0 Å². The molecule has 0 aliphatic heterocycles. The quantitative estimate of drug-likeness (QED) is 0.843. The van der Waals surface area contributed by atoms with Gasteiger partial charge in [0.1, 0.15) is 12.4 Å². The molecule has 2 rings (SSSR count). The first-order chi connectivity index (χ1) is 8.70. The minimum Gasteiger partial charge on any atom is -0.489 e. The molecule has 94 valence electrons. The molecule has 0 aliphatic rings. The van der Waals surface area contributed by atoms with Crippen LogP contribution >= 0.6 is 11.6 Å². The summed E-state index contributed by atoms with van der Waals surface area (Å²) in [5.74, 6) is 0.902. The average Bonchev–Trinajstić information content (AvgIpc) is 2.40. The molecule has 0 bridgehead atoms. The van der Waals surface area contributed by atoms with Gasteiger partial charge in [-0.05, 0) is 36.2 Å². The van der Waals surface area contributed by atoms with Crippen molar-refractivity contribution in [1.29, 1.82) is 0 Å². The minimum absolute atomic E-state index is 0.434. The number of halogens is 1. The number of nitrogen functional groups attached to an aromatic ring is 1. The van der Waals surface area contributed by atoms with Crippen molar-refractivity contribution in [2.45, 2.75) is 20.0 Å². The molecule has 0 saturated carbocycles. The average molecular weight is 262 g/mol. The van der Waals surface area contributed by atoms with Gasteiger partial charge in [0.2, 0.25) is 0 Å². The Bertz CT molecular complexity index is 540. The molecule has 3 heteroatoms. The zero-order valence-electron chi connectivity index (χ0n) is 10.3. The van der Waals surface area contributed by atoms with Crippen LogP contribution in [0.5, 0.6) is 5.75 Å². The van der Waals surface area contributed by atoms with E-state index in [1.165, 1.54) is 5.56 Å². The largest absolute Gasteiger partial charge is 0.489 e. The summed E-state index contributed by atoms with van der Waals surface area (Å²) in [5, 5.41) is 0.673. The molecule has 18 heavy (non-hydrogen) atoms. The number of hydrogen-bond donors (Lipinski definition) is 1. The van der Waals surface area contributed by atoms with Crippen LogP contribution in [0.1, 0.15) is 18.1 Å². The maximum atomic E-state index is 5.95. The van der Waals surface area contributed by atoms with Gasteiger partial charge in [0.15, 0.2) is 0 Å². The Balaban J connectivity index is 2.14. The number of nitrogens with two attached hydrogens (primary N) is 1. The SMILES string of the molecule is CCc1ccccc1OCc1cc(Cl)ccc1N. The molecular formula is C15H16ClNO. The molecule has 2 aromatic rings. The van der Waals surface area contributed by atoms with Gasteiger partial charge >= 0.3 is 0 Å². The van der Waals surface area contributed by atoms with Gasteiger partial charge in [-0.3, -0.25) is 0 Å². The fraction of sp³-hybridized carbons (Fsp3) is 0.200. The zero-order valence-corrected chi connectivity index (χ0v) is 11.1. The first-order valence-corrected chi connectivity index (χ1v) is 6.33. The molecule has 0 heterocycles. The molecule has 2 aromatic carbocycles. The molecular weight excluding hydrogens is 246 g/mol. The maximum Gasteiger partial charge on any atom is 0.122 e. The van der Waals surface area contributed by atoms with Crippen LogP contribution in [0.4, 0.5) is 5.69 Å².